The molecule has 0 spiro atoms. The Labute approximate surface area is 138 Å². The highest BCUT2D eigenvalue weighted by atomic mass is 79.9. The van der Waals surface area contributed by atoms with Crippen LogP contribution in [0.25, 0.3) is 0 Å². The Balaban J connectivity index is 3.29. The summed E-state index contributed by atoms with van der Waals surface area (Å²) in [5.74, 6) is 5.21. The molecule has 0 saturated heterocycles. The van der Waals surface area contributed by atoms with Crippen LogP contribution in [0.5, 0.6) is 0 Å². The van der Waals surface area contributed by atoms with E-state index in [9.17, 15) is 4.57 Å². The average molecular weight is 435 g/mol. The molecule has 0 fully saturated rings. The van der Waals surface area contributed by atoms with Crippen molar-refractivity contribution in [3.63, 3.8) is 0 Å². The lowest BCUT2D eigenvalue weighted by atomic mass is 10.0. The molecule has 0 saturated carbocycles. The van der Waals surface area contributed by atoms with E-state index < -0.39 is 4.77 Å². The lowest BCUT2D eigenvalue weighted by molar-refractivity contribution is 0.0709. The minimum Gasteiger partial charge on any atom is -0.313 e. The van der Waals surface area contributed by atoms with Gasteiger partial charge in [0.15, 0.2) is 0 Å². The van der Waals surface area contributed by atoms with E-state index in [4.69, 9.17) is 15.3 Å². The summed E-state index contributed by atoms with van der Waals surface area (Å²) in [4.78, 5) is 4.87. The highest BCUT2D eigenvalue weighted by Crippen LogP contribution is 2.62. The van der Waals surface area contributed by atoms with E-state index in [1.54, 1.807) is 0 Å². The van der Waals surface area contributed by atoms with Gasteiger partial charge >= 0.3 is 4.77 Å². The molecule has 20 heavy (non-hydrogen) atoms. The van der Waals surface area contributed by atoms with Crippen LogP contribution in [0.1, 0.15) is 58.3 Å². The standard InChI is InChI=1S/C13H26Br2NO3P/c1-12(2)13(19-16)10-8-6-4-3-5-7-9-11-18-20(14,15)17/h13H,1,3-11,16H2,2H3. The molecule has 1 unspecified atom stereocenters. The molecule has 120 valence electrons. The Bertz CT molecular complexity index is 310. The zero-order chi connectivity index (χ0) is 15.4. The van der Waals surface area contributed by atoms with Gasteiger partial charge in [0.2, 0.25) is 0 Å². The smallest absolute Gasteiger partial charge is 0.313 e. The maximum atomic E-state index is 11.1. The molecule has 1 atom stereocenters. The summed E-state index contributed by atoms with van der Waals surface area (Å²) in [6.45, 7) is 6.33. The van der Waals surface area contributed by atoms with Crippen LogP contribution in [-0.4, -0.2) is 12.7 Å². The second kappa shape index (κ2) is 12.4. The first kappa shape index (κ1) is 20.8. The summed E-state index contributed by atoms with van der Waals surface area (Å²) < 4.78 is 13.6. The van der Waals surface area contributed by atoms with Crippen molar-refractivity contribution in [2.45, 2.75) is 64.4 Å². The van der Waals surface area contributed by atoms with Crippen LogP contribution in [-0.2, 0) is 13.9 Å². The lowest BCUT2D eigenvalue weighted by Crippen LogP contribution is -2.17. The molecule has 0 amide bonds. The lowest BCUT2D eigenvalue weighted by Gasteiger charge is -2.13. The van der Waals surface area contributed by atoms with E-state index in [1.165, 1.54) is 25.7 Å². The number of nitrogens with two attached hydrogens (primary N) is 1. The van der Waals surface area contributed by atoms with Crippen molar-refractivity contribution < 1.29 is 13.9 Å². The van der Waals surface area contributed by atoms with Gasteiger partial charge in [-0.05, 0) is 25.3 Å². The van der Waals surface area contributed by atoms with Gasteiger partial charge < -0.3 is 4.52 Å². The predicted octanol–water partition coefficient (Wildman–Crippen LogP) is 5.86. The number of hydrogen-bond acceptors (Lipinski definition) is 4. The van der Waals surface area contributed by atoms with Crippen molar-refractivity contribution >= 4 is 35.8 Å². The van der Waals surface area contributed by atoms with Crippen LogP contribution in [0.2, 0.25) is 0 Å². The Kier molecular flexibility index (Phi) is 12.9. The fraction of sp³-hybridized carbons (Fsp3) is 0.846. The third-order valence-electron chi connectivity index (χ3n) is 3.07. The highest BCUT2D eigenvalue weighted by molar-refractivity contribution is 9.70. The van der Waals surface area contributed by atoms with E-state index in [1.807, 2.05) is 6.92 Å². The van der Waals surface area contributed by atoms with Gasteiger partial charge in [0, 0.05) is 31.0 Å². The molecule has 0 aromatic heterocycles. The molecular weight excluding hydrogens is 409 g/mol. The van der Waals surface area contributed by atoms with Crippen LogP contribution >= 0.6 is 35.8 Å². The normalized spacial score (nSPS) is 13.4. The number of unbranched alkanes of at least 4 members (excludes halogenated alkanes) is 6. The van der Waals surface area contributed by atoms with Crippen molar-refractivity contribution in [3.05, 3.63) is 12.2 Å². The fourth-order valence-electron chi connectivity index (χ4n) is 1.92. The number of halogens is 2. The molecule has 4 nitrogen and oxygen atoms in total. The molecule has 7 heteroatoms. The van der Waals surface area contributed by atoms with Crippen molar-refractivity contribution in [1.82, 2.24) is 0 Å². The summed E-state index contributed by atoms with van der Waals surface area (Å²) in [6.07, 6.45) is 8.96. The van der Waals surface area contributed by atoms with Gasteiger partial charge in [-0.3, -0.25) is 9.40 Å². The fourth-order valence-corrected chi connectivity index (χ4v) is 3.13. The second-order valence-electron chi connectivity index (χ2n) is 4.98. The summed E-state index contributed by atoms with van der Waals surface area (Å²) >= 11 is 5.88. The second-order valence-corrected chi connectivity index (χ2v) is 14.5. The van der Waals surface area contributed by atoms with Crippen molar-refractivity contribution in [2.24, 2.45) is 5.90 Å². The van der Waals surface area contributed by atoms with Crippen molar-refractivity contribution in [3.8, 4) is 0 Å². The zero-order valence-corrected chi connectivity index (χ0v) is 16.2. The largest absolute Gasteiger partial charge is 0.328 e. The van der Waals surface area contributed by atoms with E-state index >= 15 is 0 Å². The van der Waals surface area contributed by atoms with Crippen molar-refractivity contribution in [1.29, 1.82) is 0 Å². The quantitative estimate of drug-likeness (QED) is 0.171. The third-order valence-corrected chi connectivity index (χ3v) is 4.78. The van der Waals surface area contributed by atoms with E-state index in [-0.39, 0.29) is 6.10 Å². The molecular formula is C13H26Br2NO3P. The predicted molar refractivity (Wildman–Crippen MR) is 92.2 cm³/mol. The van der Waals surface area contributed by atoms with Gasteiger partial charge in [-0.15, -0.1) is 0 Å². The Morgan fingerprint density at radius 2 is 1.65 bits per heavy atom. The van der Waals surface area contributed by atoms with Crippen LogP contribution in [0.3, 0.4) is 0 Å². The van der Waals surface area contributed by atoms with E-state index in [0.29, 0.717) is 6.61 Å². The maximum Gasteiger partial charge on any atom is 0.328 e. The van der Waals surface area contributed by atoms with Gasteiger partial charge in [0.1, 0.15) is 0 Å². The molecule has 0 bridgehead atoms. The SMILES string of the molecule is C=C(C)C(CCCCCCCCCOP(=O)(Br)Br)ON. The molecule has 0 aliphatic carbocycles. The first-order valence-corrected chi connectivity index (χ1v) is 12.7. The van der Waals surface area contributed by atoms with E-state index in [2.05, 4.69) is 37.6 Å². The molecule has 0 aromatic rings. The van der Waals surface area contributed by atoms with Gasteiger partial charge in [-0.1, -0.05) is 45.1 Å². The number of hydrogen-bond donors (Lipinski definition) is 1. The maximum absolute atomic E-state index is 11.1. The minimum atomic E-state index is -2.66. The Morgan fingerprint density at radius 3 is 2.10 bits per heavy atom. The summed E-state index contributed by atoms with van der Waals surface area (Å²) in [6, 6.07) is 0. The molecule has 0 radical (unpaired) electrons. The van der Waals surface area contributed by atoms with Gasteiger partial charge in [0.25, 0.3) is 0 Å². The van der Waals surface area contributed by atoms with Crippen LogP contribution < -0.4 is 5.90 Å². The molecule has 0 rings (SSSR count). The van der Waals surface area contributed by atoms with E-state index in [0.717, 1.165) is 31.3 Å². The summed E-state index contributed by atoms with van der Waals surface area (Å²) in [7, 11) is 0. The zero-order valence-electron chi connectivity index (χ0n) is 12.2. The Morgan fingerprint density at radius 1 is 1.15 bits per heavy atom. The average Bonchev–Trinajstić information content (AvgIpc) is 2.34. The Hall–Kier alpha value is 0.810. The minimum absolute atomic E-state index is 0.00339. The molecule has 0 aliphatic heterocycles. The molecule has 0 aromatic carbocycles. The molecule has 2 N–H and O–H groups in total. The van der Waals surface area contributed by atoms with Crippen LogP contribution in [0.4, 0.5) is 0 Å². The molecule has 0 heterocycles. The van der Waals surface area contributed by atoms with Gasteiger partial charge in [-0.25, -0.2) is 5.90 Å². The van der Waals surface area contributed by atoms with Gasteiger partial charge in [0.05, 0.1) is 12.7 Å². The van der Waals surface area contributed by atoms with Gasteiger partial charge in [-0.2, -0.15) is 0 Å². The van der Waals surface area contributed by atoms with Crippen LogP contribution in [0.15, 0.2) is 12.2 Å². The topological polar surface area (TPSA) is 61.5 Å². The third kappa shape index (κ3) is 13.8. The molecule has 0 aliphatic rings. The summed E-state index contributed by atoms with van der Waals surface area (Å²) in [5, 5.41) is 0. The number of rotatable bonds is 13. The van der Waals surface area contributed by atoms with Crippen molar-refractivity contribution in [2.75, 3.05) is 6.61 Å². The first-order valence-electron chi connectivity index (χ1n) is 7.01. The highest BCUT2D eigenvalue weighted by Gasteiger charge is 2.11. The monoisotopic (exact) mass is 433 g/mol. The first-order chi connectivity index (χ1) is 9.37. The summed E-state index contributed by atoms with van der Waals surface area (Å²) in [5.41, 5.74) is 0.989. The van der Waals surface area contributed by atoms with Crippen LogP contribution in [0, 0.1) is 0 Å².